The van der Waals surface area contributed by atoms with Gasteiger partial charge in [-0.1, -0.05) is 29.8 Å². The minimum Gasteiger partial charge on any atom is -0.337 e. The number of fused-ring (bicyclic) bond motifs is 4. The number of halogens is 1. The van der Waals surface area contributed by atoms with Crippen LogP contribution < -0.4 is 4.90 Å². The maximum atomic E-state index is 15.7. The molecule has 7 heteroatoms. The molecule has 162 valence electrons. The highest BCUT2D eigenvalue weighted by Crippen LogP contribution is 2.45. The maximum Gasteiger partial charge on any atom is 0.258 e. The fraction of sp³-hybridized carbons (Fsp3) is 0.115. The zero-order chi connectivity index (χ0) is 22.5. The van der Waals surface area contributed by atoms with E-state index in [0.717, 1.165) is 21.5 Å². The summed E-state index contributed by atoms with van der Waals surface area (Å²) in [6.45, 7) is 2.35. The Kier molecular flexibility index (Phi) is 4.58. The van der Waals surface area contributed by atoms with Crippen LogP contribution in [-0.4, -0.2) is 27.4 Å². The molecule has 33 heavy (non-hydrogen) atoms. The topological polar surface area (TPSA) is 61.9 Å². The van der Waals surface area contributed by atoms with Crippen LogP contribution >= 0.6 is 11.3 Å². The summed E-state index contributed by atoms with van der Waals surface area (Å²) < 4.78 is 15.7. The number of aryl methyl sites for hydroxylation is 1. The van der Waals surface area contributed by atoms with Gasteiger partial charge in [0.15, 0.2) is 5.82 Å². The Morgan fingerprint density at radius 2 is 1.88 bits per heavy atom. The minimum absolute atomic E-state index is 0.114. The molecule has 1 aliphatic heterocycles. The van der Waals surface area contributed by atoms with Crippen molar-refractivity contribution in [1.29, 1.82) is 0 Å². The molecule has 3 aromatic heterocycles. The van der Waals surface area contributed by atoms with E-state index in [1.807, 2.05) is 67.6 Å². The second-order valence-corrected chi connectivity index (χ2v) is 9.12. The number of aromatic amines is 1. The highest BCUT2D eigenvalue weighted by atomic mass is 32.1. The number of H-pyrrole nitrogens is 1. The maximum absolute atomic E-state index is 15.7. The van der Waals surface area contributed by atoms with E-state index in [2.05, 4.69) is 15.0 Å². The molecular weight excluding hydrogens is 435 g/mol. The van der Waals surface area contributed by atoms with Gasteiger partial charge in [0.1, 0.15) is 16.4 Å². The number of anilines is 1. The van der Waals surface area contributed by atoms with Crippen molar-refractivity contribution >= 4 is 34.0 Å². The third-order valence-electron chi connectivity index (χ3n) is 5.97. The summed E-state index contributed by atoms with van der Waals surface area (Å²) >= 11 is 1.33. The van der Waals surface area contributed by atoms with Crippen molar-refractivity contribution in [3.63, 3.8) is 0 Å². The number of benzene rings is 2. The van der Waals surface area contributed by atoms with Gasteiger partial charge in [0.25, 0.3) is 5.91 Å². The zero-order valence-corrected chi connectivity index (χ0v) is 18.6. The van der Waals surface area contributed by atoms with Crippen molar-refractivity contribution in [2.24, 2.45) is 0 Å². The molecule has 0 radical (unpaired) electrons. The number of hydrogen-bond acceptors (Lipinski definition) is 4. The molecule has 1 aliphatic rings. The number of thiophene rings is 1. The lowest BCUT2D eigenvalue weighted by molar-refractivity contribution is 0.0987. The summed E-state index contributed by atoms with van der Waals surface area (Å²) in [5.74, 6) is 0.101. The fourth-order valence-corrected chi connectivity index (χ4v) is 5.45. The van der Waals surface area contributed by atoms with E-state index in [0.29, 0.717) is 46.2 Å². The first-order valence-corrected chi connectivity index (χ1v) is 11.5. The van der Waals surface area contributed by atoms with Gasteiger partial charge < -0.3 is 9.88 Å². The molecule has 5 aromatic rings. The molecule has 0 aliphatic carbocycles. The van der Waals surface area contributed by atoms with Gasteiger partial charge in [-0.3, -0.25) is 9.78 Å². The lowest BCUT2D eigenvalue weighted by atomic mass is 10.1. The average Bonchev–Trinajstić information content (AvgIpc) is 3.36. The number of carbonyl (C=O) groups excluding carboxylic acids is 1. The standard InChI is InChI=1S/C26H19FN4OS/c1-15-8-10-16(11-9-15)26(32)31-14-12-17-21(27)24(25-29-18-5-2-3-6-19(18)30-25)33-23(17)22-20(31)7-4-13-28-22/h2-11,13H,12,14H2,1H3,(H,29,30). The van der Waals surface area contributed by atoms with Gasteiger partial charge >= 0.3 is 0 Å². The smallest absolute Gasteiger partial charge is 0.258 e. The van der Waals surface area contributed by atoms with Crippen LogP contribution in [0.2, 0.25) is 0 Å². The van der Waals surface area contributed by atoms with Gasteiger partial charge in [0, 0.05) is 23.9 Å². The molecule has 0 saturated heterocycles. The number of imidazole rings is 1. The van der Waals surface area contributed by atoms with E-state index >= 15 is 4.39 Å². The quantitative estimate of drug-likeness (QED) is 0.356. The Labute approximate surface area is 193 Å². The Morgan fingerprint density at radius 3 is 2.70 bits per heavy atom. The van der Waals surface area contributed by atoms with Crippen molar-refractivity contribution < 1.29 is 9.18 Å². The molecule has 0 unspecified atom stereocenters. The Hall–Kier alpha value is -3.84. The number of nitrogens with zero attached hydrogens (tertiary/aromatic N) is 3. The number of pyridine rings is 1. The van der Waals surface area contributed by atoms with Crippen LogP contribution in [-0.2, 0) is 6.42 Å². The number of rotatable bonds is 2. The van der Waals surface area contributed by atoms with Crippen molar-refractivity contribution in [3.8, 4) is 21.3 Å². The van der Waals surface area contributed by atoms with Crippen LogP contribution in [0.1, 0.15) is 21.5 Å². The lowest BCUT2D eigenvalue weighted by Crippen LogP contribution is -2.32. The van der Waals surface area contributed by atoms with Crippen molar-refractivity contribution in [2.75, 3.05) is 11.4 Å². The normalized spacial score (nSPS) is 13.0. The average molecular weight is 455 g/mol. The second-order valence-electron chi connectivity index (χ2n) is 8.10. The van der Waals surface area contributed by atoms with Gasteiger partial charge in [0.05, 0.1) is 21.6 Å². The van der Waals surface area contributed by atoms with Crippen molar-refractivity contribution in [2.45, 2.75) is 13.3 Å². The number of para-hydroxylation sites is 2. The summed E-state index contributed by atoms with van der Waals surface area (Å²) in [4.78, 5) is 28.7. The van der Waals surface area contributed by atoms with Crippen LogP contribution in [0.25, 0.3) is 32.3 Å². The monoisotopic (exact) mass is 454 g/mol. The summed E-state index contributed by atoms with van der Waals surface area (Å²) in [6.07, 6.45) is 2.08. The molecule has 0 spiro atoms. The summed E-state index contributed by atoms with van der Waals surface area (Å²) in [5, 5.41) is 0. The molecule has 1 N–H and O–H groups in total. The van der Waals surface area contributed by atoms with Crippen LogP contribution in [0.5, 0.6) is 0 Å². The molecule has 2 aromatic carbocycles. The van der Waals surface area contributed by atoms with E-state index in [9.17, 15) is 4.79 Å². The number of carbonyl (C=O) groups is 1. The fourth-order valence-electron chi connectivity index (χ4n) is 4.27. The first-order chi connectivity index (χ1) is 16.1. The molecule has 0 fully saturated rings. The van der Waals surface area contributed by atoms with Gasteiger partial charge in [0.2, 0.25) is 0 Å². The molecule has 5 nitrogen and oxygen atoms in total. The SMILES string of the molecule is Cc1ccc(C(=O)N2CCc3c(sc(-c4nc5ccccc5[nH]4)c3F)-c3ncccc32)cc1. The Bertz CT molecular complexity index is 1490. The predicted octanol–water partition coefficient (Wildman–Crippen LogP) is 6.00. The molecular formula is C26H19FN4OS. The largest absolute Gasteiger partial charge is 0.337 e. The molecule has 6 rings (SSSR count). The van der Waals surface area contributed by atoms with Crippen LogP contribution in [0.4, 0.5) is 10.1 Å². The minimum atomic E-state index is -0.296. The van der Waals surface area contributed by atoms with Gasteiger partial charge in [-0.25, -0.2) is 9.37 Å². The number of hydrogen-bond donors (Lipinski definition) is 1. The molecule has 0 atom stereocenters. The van der Waals surface area contributed by atoms with E-state index in [1.54, 1.807) is 11.1 Å². The highest BCUT2D eigenvalue weighted by molar-refractivity contribution is 7.19. The number of amides is 1. The lowest BCUT2D eigenvalue weighted by Gasteiger charge is -2.22. The highest BCUT2D eigenvalue weighted by Gasteiger charge is 2.31. The van der Waals surface area contributed by atoms with Gasteiger partial charge in [-0.2, -0.15) is 0 Å². The number of nitrogens with one attached hydrogen (secondary N) is 1. The van der Waals surface area contributed by atoms with Gasteiger partial charge in [-0.15, -0.1) is 11.3 Å². The second kappa shape index (κ2) is 7.64. The van der Waals surface area contributed by atoms with Crippen LogP contribution in [0.15, 0.2) is 66.9 Å². The van der Waals surface area contributed by atoms with E-state index in [1.165, 1.54) is 11.3 Å². The molecule has 0 saturated carbocycles. The van der Waals surface area contributed by atoms with E-state index < -0.39 is 0 Å². The van der Waals surface area contributed by atoms with Gasteiger partial charge in [-0.05, 0) is 49.7 Å². The molecule has 4 heterocycles. The molecule has 0 bridgehead atoms. The summed E-state index contributed by atoms with van der Waals surface area (Å²) in [6, 6.07) is 18.8. The van der Waals surface area contributed by atoms with Crippen LogP contribution in [0, 0.1) is 12.7 Å². The van der Waals surface area contributed by atoms with Crippen LogP contribution in [0.3, 0.4) is 0 Å². The third kappa shape index (κ3) is 3.24. The first kappa shape index (κ1) is 19.8. The summed E-state index contributed by atoms with van der Waals surface area (Å²) in [5.41, 5.74) is 5.24. The third-order valence-corrected chi connectivity index (χ3v) is 7.19. The zero-order valence-electron chi connectivity index (χ0n) is 17.8. The first-order valence-electron chi connectivity index (χ1n) is 10.7. The predicted molar refractivity (Wildman–Crippen MR) is 129 cm³/mol. The van der Waals surface area contributed by atoms with E-state index in [-0.39, 0.29) is 11.7 Å². The van der Waals surface area contributed by atoms with Crippen molar-refractivity contribution in [3.05, 3.63) is 89.4 Å². The summed E-state index contributed by atoms with van der Waals surface area (Å²) in [7, 11) is 0. The Morgan fingerprint density at radius 1 is 1.06 bits per heavy atom. The van der Waals surface area contributed by atoms with E-state index in [4.69, 9.17) is 0 Å². The Balaban J connectivity index is 1.46. The molecule has 1 amide bonds. The number of aromatic nitrogens is 3. The van der Waals surface area contributed by atoms with Crippen molar-refractivity contribution in [1.82, 2.24) is 15.0 Å².